The summed E-state index contributed by atoms with van der Waals surface area (Å²) in [5, 5.41) is 4.17. The van der Waals surface area contributed by atoms with E-state index in [1.54, 1.807) is 25.1 Å². The van der Waals surface area contributed by atoms with Gasteiger partial charge in [0.25, 0.3) is 5.91 Å². The van der Waals surface area contributed by atoms with Crippen LogP contribution in [0.4, 0.5) is 0 Å². The largest absolute Gasteiger partial charge is 0.361 e. The van der Waals surface area contributed by atoms with Crippen molar-refractivity contribution in [2.75, 3.05) is 6.54 Å². The molecule has 5 aromatic rings. The summed E-state index contributed by atoms with van der Waals surface area (Å²) in [4.78, 5) is 43.1. The number of aryl methyl sites for hydroxylation is 1. The van der Waals surface area contributed by atoms with Crippen LogP contribution in [0.25, 0.3) is 21.9 Å². The molecular formula is C27H24N4O3. The second kappa shape index (κ2) is 8.86. The number of rotatable bonds is 6. The van der Waals surface area contributed by atoms with E-state index in [1.165, 1.54) is 4.57 Å². The highest BCUT2D eigenvalue weighted by Gasteiger charge is 2.19. The van der Waals surface area contributed by atoms with Crippen molar-refractivity contribution >= 4 is 27.8 Å². The van der Waals surface area contributed by atoms with E-state index in [2.05, 4.69) is 33.5 Å². The third-order valence-electron chi connectivity index (χ3n) is 6.22. The van der Waals surface area contributed by atoms with Gasteiger partial charge in [-0.2, -0.15) is 0 Å². The lowest BCUT2D eigenvalue weighted by atomic mass is 9.91. The molecule has 0 aliphatic heterocycles. The highest BCUT2D eigenvalue weighted by Crippen LogP contribution is 2.30. The van der Waals surface area contributed by atoms with Crippen LogP contribution in [0.2, 0.25) is 0 Å². The fourth-order valence-corrected chi connectivity index (χ4v) is 4.51. The van der Waals surface area contributed by atoms with Gasteiger partial charge in [0.05, 0.1) is 11.0 Å². The van der Waals surface area contributed by atoms with Gasteiger partial charge in [0.1, 0.15) is 0 Å². The van der Waals surface area contributed by atoms with E-state index >= 15 is 0 Å². The highest BCUT2D eigenvalue weighted by molar-refractivity contribution is 5.97. The SMILES string of the molecule is CCn1c(=O)c(=O)[nH]c2cc(C(=O)NCC(c3ccccc3)c3c[nH]c4ccccc34)ccc21. The van der Waals surface area contributed by atoms with E-state index in [4.69, 9.17) is 0 Å². The summed E-state index contributed by atoms with van der Waals surface area (Å²) in [5.41, 5.74) is 3.41. The third kappa shape index (κ3) is 3.81. The number of nitrogens with one attached hydrogen (secondary N) is 3. The number of para-hydroxylation sites is 1. The summed E-state index contributed by atoms with van der Waals surface area (Å²) >= 11 is 0. The Kier molecular flexibility index (Phi) is 5.59. The van der Waals surface area contributed by atoms with Gasteiger partial charge < -0.3 is 19.9 Å². The number of benzene rings is 3. The molecule has 0 fully saturated rings. The molecule has 7 heteroatoms. The standard InChI is InChI=1S/C27H24N4O3/c1-2-31-24-13-12-18(14-23(24)30-26(33)27(31)34)25(32)29-15-20(17-8-4-3-5-9-17)21-16-28-22-11-7-6-10-19(21)22/h3-14,16,20,28H,2,15H2,1H3,(H,29,32)(H,30,33). The maximum absolute atomic E-state index is 13.1. The number of aromatic amines is 2. The number of fused-ring (bicyclic) bond motifs is 2. The molecular weight excluding hydrogens is 428 g/mol. The van der Waals surface area contributed by atoms with Gasteiger partial charge in [-0.05, 0) is 42.3 Å². The molecule has 0 spiro atoms. The highest BCUT2D eigenvalue weighted by atomic mass is 16.2. The number of carbonyl (C=O) groups excluding carboxylic acids is 1. The normalized spacial score (nSPS) is 12.1. The number of hydrogen-bond acceptors (Lipinski definition) is 3. The lowest BCUT2D eigenvalue weighted by Crippen LogP contribution is -2.36. The zero-order valence-corrected chi connectivity index (χ0v) is 18.7. The summed E-state index contributed by atoms with van der Waals surface area (Å²) in [5.74, 6) is -0.301. The van der Waals surface area contributed by atoms with Gasteiger partial charge in [-0.15, -0.1) is 0 Å². The van der Waals surface area contributed by atoms with E-state index in [0.717, 1.165) is 22.0 Å². The average Bonchev–Trinajstić information content (AvgIpc) is 3.29. The second-order valence-corrected chi connectivity index (χ2v) is 8.20. The third-order valence-corrected chi connectivity index (χ3v) is 6.22. The Bertz CT molecular complexity index is 1610. The van der Waals surface area contributed by atoms with Crippen molar-refractivity contribution in [2.24, 2.45) is 0 Å². The Balaban J connectivity index is 1.46. The number of H-pyrrole nitrogens is 2. The van der Waals surface area contributed by atoms with Crippen LogP contribution in [0.3, 0.4) is 0 Å². The van der Waals surface area contributed by atoms with Gasteiger partial charge >= 0.3 is 11.1 Å². The number of nitrogens with zero attached hydrogens (tertiary/aromatic N) is 1. The van der Waals surface area contributed by atoms with Crippen LogP contribution in [-0.2, 0) is 6.54 Å². The number of amides is 1. The molecule has 0 saturated carbocycles. The maximum atomic E-state index is 13.1. The molecule has 0 bridgehead atoms. The monoisotopic (exact) mass is 452 g/mol. The second-order valence-electron chi connectivity index (χ2n) is 8.20. The van der Waals surface area contributed by atoms with Crippen LogP contribution < -0.4 is 16.4 Å². The summed E-state index contributed by atoms with van der Waals surface area (Å²) in [6, 6.07) is 23.2. The first-order valence-corrected chi connectivity index (χ1v) is 11.2. The number of aromatic nitrogens is 3. The van der Waals surface area contributed by atoms with Crippen molar-refractivity contribution in [3.05, 3.63) is 116 Å². The van der Waals surface area contributed by atoms with Gasteiger partial charge in [0, 0.05) is 41.7 Å². The van der Waals surface area contributed by atoms with E-state index in [0.29, 0.717) is 29.7 Å². The van der Waals surface area contributed by atoms with Crippen LogP contribution in [0.1, 0.15) is 34.3 Å². The van der Waals surface area contributed by atoms with E-state index in [1.807, 2.05) is 42.6 Å². The quantitative estimate of drug-likeness (QED) is 0.342. The first-order chi connectivity index (χ1) is 16.6. The van der Waals surface area contributed by atoms with Gasteiger partial charge in [-0.25, -0.2) is 0 Å². The van der Waals surface area contributed by atoms with E-state index in [-0.39, 0.29) is 11.8 Å². The predicted octanol–water partition coefficient (Wildman–Crippen LogP) is 3.75. The Morgan fingerprint density at radius 2 is 1.74 bits per heavy atom. The van der Waals surface area contributed by atoms with Crippen molar-refractivity contribution in [1.29, 1.82) is 0 Å². The Morgan fingerprint density at radius 1 is 0.971 bits per heavy atom. The molecule has 170 valence electrons. The molecule has 3 N–H and O–H groups in total. The average molecular weight is 453 g/mol. The summed E-state index contributed by atoms with van der Waals surface area (Å²) in [7, 11) is 0. The molecule has 0 radical (unpaired) electrons. The van der Waals surface area contributed by atoms with E-state index < -0.39 is 11.1 Å². The number of carbonyl (C=O) groups is 1. The van der Waals surface area contributed by atoms with Gasteiger partial charge in [0.15, 0.2) is 0 Å². The smallest absolute Gasteiger partial charge is 0.316 e. The van der Waals surface area contributed by atoms with Crippen LogP contribution in [0.5, 0.6) is 0 Å². The molecule has 1 atom stereocenters. The van der Waals surface area contributed by atoms with E-state index in [9.17, 15) is 14.4 Å². The first-order valence-electron chi connectivity index (χ1n) is 11.2. The summed E-state index contributed by atoms with van der Waals surface area (Å²) < 4.78 is 1.40. The molecule has 2 aromatic heterocycles. The molecule has 1 unspecified atom stereocenters. The van der Waals surface area contributed by atoms with Crippen molar-refractivity contribution in [3.63, 3.8) is 0 Å². The Labute approximate surface area is 195 Å². The Hall–Kier alpha value is -4.39. The minimum absolute atomic E-state index is 0.0492. The van der Waals surface area contributed by atoms with Crippen LogP contribution in [0, 0.1) is 0 Å². The predicted molar refractivity (Wildman–Crippen MR) is 133 cm³/mol. The first kappa shape index (κ1) is 21.5. The molecule has 0 aliphatic rings. The summed E-state index contributed by atoms with van der Waals surface area (Å²) in [6.45, 7) is 2.57. The Morgan fingerprint density at radius 3 is 2.53 bits per heavy atom. The van der Waals surface area contributed by atoms with Crippen LogP contribution >= 0.6 is 0 Å². The molecule has 0 saturated heterocycles. The maximum Gasteiger partial charge on any atom is 0.316 e. The van der Waals surface area contributed by atoms with Crippen LogP contribution in [-0.4, -0.2) is 27.0 Å². The molecule has 34 heavy (non-hydrogen) atoms. The lowest BCUT2D eigenvalue weighted by molar-refractivity contribution is 0.0952. The van der Waals surface area contributed by atoms with Crippen molar-refractivity contribution in [3.8, 4) is 0 Å². The fourth-order valence-electron chi connectivity index (χ4n) is 4.51. The molecule has 3 aromatic carbocycles. The molecule has 5 rings (SSSR count). The van der Waals surface area contributed by atoms with Gasteiger partial charge in [-0.1, -0.05) is 48.5 Å². The number of hydrogen-bond donors (Lipinski definition) is 3. The van der Waals surface area contributed by atoms with Crippen molar-refractivity contribution in [2.45, 2.75) is 19.4 Å². The minimum atomic E-state index is -0.699. The lowest BCUT2D eigenvalue weighted by Gasteiger charge is -2.18. The van der Waals surface area contributed by atoms with Crippen LogP contribution in [0.15, 0.2) is 88.6 Å². The fraction of sp³-hybridized carbons (Fsp3) is 0.148. The summed E-state index contributed by atoms with van der Waals surface area (Å²) in [6.07, 6.45) is 2.00. The zero-order chi connectivity index (χ0) is 23.7. The molecule has 0 aliphatic carbocycles. The zero-order valence-electron chi connectivity index (χ0n) is 18.7. The molecule has 1 amide bonds. The van der Waals surface area contributed by atoms with Crippen molar-refractivity contribution < 1.29 is 4.79 Å². The minimum Gasteiger partial charge on any atom is -0.361 e. The molecule has 7 nitrogen and oxygen atoms in total. The van der Waals surface area contributed by atoms with Gasteiger partial charge in [0.2, 0.25) is 0 Å². The molecule has 2 heterocycles. The topological polar surface area (TPSA) is 99.8 Å². The van der Waals surface area contributed by atoms with Crippen molar-refractivity contribution in [1.82, 2.24) is 19.9 Å². The van der Waals surface area contributed by atoms with Gasteiger partial charge in [-0.3, -0.25) is 14.4 Å².